The Balaban J connectivity index is 1.97. The molecule has 0 aliphatic rings. The van der Waals surface area contributed by atoms with Gasteiger partial charge in [0.15, 0.2) is 0 Å². The largest absolute Gasteiger partial charge is 0.490 e. The molecular weight excluding hydrogens is 255 g/mol. The highest BCUT2D eigenvalue weighted by atomic mass is 35.5. The number of aliphatic hydroxyl groups is 1. The van der Waals surface area contributed by atoms with E-state index >= 15 is 0 Å². The van der Waals surface area contributed by atoms with Crippen molar-refractivity contribution in [2.45, 2.75) is 6.10 Å². The Bertz CT molecular complexity index is 516. The molecule has 0 amide bonds. The molecular formula is C14H12ClFO2. The first kappa shape index (κ1) is 12.9. The molecule has 0 aromatic heterocycles. The molecule has 2 nitrogen and oxygen atoms in total. The summed E-state index contributed by atoms with van der Waals surface area (Å²) < 4.78 is 18.5. The van der Waals surface area contributed by atoms with Gasteiger partial charge in [0.1, 0.15) is 24.3 Å². The second-order valence-corrected chi connectivity index (χ2v) is 4.22. The van der Waals surface area contributed by atoms with E-state index in [4.69, 9.17) is 16.3 Å². The van der Waals surface area contributed by atoms with Gasteiger partial charge >= 0.3 is 0 Å². The highest BCUT2D eigenvalue weighted by Crippen LogP contribution is 2.21. The molecule has 0 bridgehead atoms. The molecule has 1 atom stereocenters. The van der Waals surface area contributed by atoms with Crippen LogP contribution < -0.4 is 4.74 Å². The van der Waals surface area contributed by atoms with E-state index < -0.39 is 11.9 Å². The Morgan fingerprint density at radius 3 is 2.56 bits per heavy atom. The lowest BCUT2D eigenvalue weighted by Gasteiger charge is -2.12. The summed E-state index contributed by atoms with van der Waals surface area (Å²) in [5.41, 5.74) is 0.756. The predicted molar refractivity (Wildman–Crippen MR) is 68.3 cm³/mol. The fraction of sp³-hybridized carbons (Fsp3) is 0.143. The van der Waals surface area contributed by atoms with Crippen molar-refractivity contribution in [3.8, 4) is 5.75 Å². The van der Waals surface area contributed by atoms with Gasteiger partial charge in [-0.3, -0.25) is 0 Å². The van der Waals surface area contributed by atoms with Crippen LogP contribution in [-0.4, -0.2) is 11.7 Å². The van der Waals surface area contributed by atoms with Crippen LogP contribution in [0.4, 0.5) is 4.39 Å². The number of benzene rings is 2. The second kappa shape index (κ2) is 5.85. The van der Waals surface area contributed by atoms with E-state index in [0.717, 1.165) is 5.56 Å². The van der Waals surface area contributed by atoms with Gasteiger partial charge in [0.05, 0.1) is 5.02 Å². The predicted octanol–water partition coefficient (Wildman–Crippen LogP) is 3.59. The van der Waals surface area contributed by atoms with Crippen molar-refractivity contribution < 1.29 is 14.2 Å². The topological polar surface area (TPSA) is 29.5 Å². The quantitative estimate of drug-likeness (QED) is 0.916. The van der Waals surface area contributed by atoms with Crippen LogP contribution in [0.2, 0.25) is 5.02 Å². The van der Waals surface area contributed by atoms with Crippen molar-refractivity contribution in [3.63, 3.8) is 0 Å². The van der Waals surface area contributed by atoms with Crippen LogP contribution in [0.1, 0.15) is 11.7 Å². The van der Waals surface area contributed by atoms with Gasteiger partial charge in [-0.25, -0.2) is 4.39 Å². The molecule has 0 aliphatic carbocycles. The van der Waals surface area contributed by atoms with Crippen molar-refractivity contribution >= 4 is 11.6 Å². The Kier molecular flexibility index (Phi) is 4.18. The highest BCUT2D eigenvalue weighted by Gasteiger charge is 2.08. The molecule has 2 aromatic rings. The molecule has 0 saturated heterocycles. The molecule has 1 unspecified atom stereocenters. The number of ether oxygens (including phenoxy) is 1. The van der Waals surface area contributed by atoms with Crippen molar-refractivity contribution in [1.29, 1.82) is 0 Å². The third-order valence-corrected chi connectivity index (χ3v) is 2.79. The van der Waals surface area contributed by atoms with E-state index in [-0.39, 0.29) is 11.6 Å². The monoisotopic (exact) mass is 266 g/mol. The molecule has 0 aliphatic heterocycles. The van der Waals surface area contributed by atoms with Crippen molar-refractivity contribution in [2.24, 2.45) is 0 Å². The molecule has 0 fully saturated rings. The number of halogens is 2. The van der Waals surface area contributed by atoms with Crippen LogP contribution in [0.15, 0.2) is 48.5 Å². The smallest absolute Gasteiger partial charge is 0.145 e. The van der Waals surface area contributed by atoms with Crippen LogP contribution >= 0.6 is 11.6 Å². The van der Waals surface area contributed by atoms with E-state index in [1.165, 1.54) is 12.1 Å². The molecule has 94 valence electrons. The standard InChI is InChI=1S/C14H12ClFO2/c15-12-7-6-11(8-13(12)16)18-9-14(17)10-4-2-1-3-5-10/h1-8,14,17H,9H2. The minimum Gasteiger partial charge on any atom is -0.490 e. The summed E-state index contributed by atoms with van der Waals surface area (Å²) in [4.78, 5) is 0. The van der Waals surface area contributed by atoms with E-state index in [1.807, 2.05) is 18.2 Å². The second-order valence-electron chi connectivity index (χ2n) is 3.81. The highest BCUT2D eigenvalue weighted by molar-refractivity contribution is 6.30. The van der Waals surface area contributed by atoms with Crippen molar-refractivity contribution in [1.82, 2.24) is 0 Å². The Hall–Kier alpha value is -1.58. The van der Waals surface area contributed by atoms with Crippen LogP contribution in [-0.2, 0) is 0 Å². The van der Waals surface area contributed by atoms with Crippen LogP contribution in [0.25, 0.3) is 0 Å². The third-order valence-electron chi connectivity index (χ3n) is 2.48. The fourth-order valence-electron chi connectivity index (χ4n) is 1.51. The van der Waals surface area contributed by atoms with Gasteiger partial charge in [0.2, 0.25) is 0 Å². The summed E-state index contributed by atoms with van der Waals surface area (Å²) in [6, 6.07) is 13.3. The van der Waals surface area contributed by atoms with Gasteiger partial charge in [-0.05, 0) is 17.7 Å². The van der Waals surface area contributed by atoms with Crippen LogP contribution in [0.3, 0.4) is 0 Å². The first-order chi connectivity index (χ1) is 8.66. The zero-order valence-corrected chi connectivity index (χ0v) is 10.3. The maximum absolute atomic E-state index is 13.2. The number of hydrogen-bond acceptors (Lipinski definition) is 2. The van der Waals surface area contributed by atoms with Gasteiger partial charge in [-0.15, -0.1) is 0 Å². The van der Waals surface area contributed by atoms with E-state index in [0.29, 0.717) is 5.75 Å². The van der Waals surface area contributed by atoms with Crippen molar-refractivity contribution in [2.75, 3.05) is 6.61 Å². The number of hydrogen-bond donors (Lipinski definition) is 1. The molecule has 2 rings (SSSR count). The normalized spacial score (nSPS) is 12.2. The third kappa shape index (κ3) is 3.22. The molecule has 2 aromatic carbocycles. The molecule has 1 N–H and O–H groups in total. The first-order valence-electron chi connectivity index (χ1n) is 5.47. The average Bonchev–Trinajstić information content (AvgIpc) is 2.41. The molecule has 0 heterocycles. The van der Waals surface area contributed by atoms with Gasteiger partial charge in [-0.1, -0.05) is 41.9 Å². The summed E-state index contributed by atoms with van der Waals surface area (Å²) in [5, 5.41) is 9.91. The Morgan fingerprint density at radius 2 is 1.89 bits per heavy atom. The lowest BCUT2D eigenvalue weighted by atomic mass is 10.1. The minimum absolute atomic E-state index is 0.0472. The average molecular weight is 267 g/mol. The summed E-state index contributed by atoms with van der Waals surface area (Å²) in [7, 11) is 0. The summed E-state index contributed by atoms with van der Waals surface area (Å²) in [5.74, 6) is -0.199. The summed E-state index contributed by atoms with van der Waals surface area (Å²) in [6.07, 6.45) is -0.745. The van der Waals surface area contributed by atoms with Crippen LogP contribution in [0.5, 0.6) is 5.75 Å². The maximum Gasteiger partial charge on any atom is 0.145 e. The number of rotatable bonds is 4. The Labute approximate surface area is 110 Å². The zero-order chi connectivity index (χ0) is 13.0. The van der Waals surface area contributed by atoms with Gasteiger partial charge in [-0.2, -0.15) is 0 Å². The SMILES string of the molecule is OC(COc1ccc(Cl)c(F)c1)c1ccccc1. The first-order valence-corrected chi connectivity index (χ1v) is 5.85. The summed E-state index contributed by atoms with van der Waals surface area (Å²) in [6.45, 7) is 0.0606. The van der Waals surface area contributed by atoms with E-state index in [9.17, 15) is 9.50 Å². The number of aliphatic hydroxyl groups excluding tert-OH is 1. The van der Waals surface area contributed by atoms with E-state index in [2.05, 4.69) is 0 Å². The lowest BCUT2D eigenvalue weighted by molar-refractivity contribution is 0.108. The van der Waals surface area contributed by atoms with Gasteiger partial charge in [0, 0.05) is 6.07 Å². The summed E-state index contributed by atoms with van der Waals surface area (Å²) >= 11 is 5.56. The fourth-order valence-corrected chi connectivity index (χ4v) is 1.63. The zero-order valence-electron chi connectivity index (χ0n) is 9.51. The maximum atomic E-state index is 13.2. The molecule has 0 saturated carbocycles. The minimum atomic E-state index is -0.745. The molecule has 18 heavy (non-hydrogen) atoms. The molecule has 4 heteroatoms. The molecule has 0 spiro atoms. The van der Waals surface area contributed by atoms with Gasteiger partial charge in [0.25, 0.3) is 0 Å². The van der Waals surface area contributed by atoms with Crippen molar-refractivity contribution in [3.05, 3.63) is 64.9 Å². The van der Waals surface area contributed by atoms with Crippen LogP contribution in [0, 0.1) is 5.82 Å². The lowest BCUT2D eigenvalue weighted by Crippen LogP contribution is -2.09. The van der Waals surface area contributed by atoms with E-state index in [1.54, 1.807) is 18.2 Å². The Morgan fingerprint density at radius 1 is 1.17 bits per heavy atom. The molecule has 0 radical (unpaired) electrons. The van der Waals surface area contributed by atoms with Gasteiger partial charge < -0.3 is 9.84 Å².